The fourth-order valence-corrected chi connectivity index (χ4v) is 3.94. The molecule has 3 N–H and O–H groups in total. The summed E-state index contributed by atoms with van der Waals surface area (Å²) in [7, 11) is 0. The van der Waals surface area contributed by atoms with Crippen LogP contribution in [-0.4, -0.2) is 43.2 Å². The molecule has 8 heteroatoms. The molecule has 29 heavy (non-hydrogen) atoms. The van der Waals surface area contributed by atoms with Crippen molar-refractivity contribution in [3.63, 3.8) is 0 Å². The summed E-state index contributed by atoms with van der Waals surface area (Å²) in [6, 6.07) is 9.37. The molecule has 4 heterocycles. The summed E-state index contributed by atoms with van der Waals surface area (Å²) in [5.74, 6) is 0.165. The molecule has 0 bridgehead atoms. The molecule has 0 spiro atoms. The van der Waals surface area contributed by atoms with Crippen molar-refractivity contribution in [2.45, 2.75) is 18.9 Å². The molecule has 0 amide bonds. The summed E-state index contributed by atoms with van der Waals surface area (Å²) in [6.07, 6.45) is 7.58. The number of hydrogen-bond donors (Lipinski definition) is 3. The third-order valence-corrected chi connectivity index (χ3v) is 5.42. The molecule has 144 valence electrons. The van der Waals surface area contributed by atoms with Gasteiger partial charge in [0.25, 0.3) is 0 Å². The Kier molecular flexibility index (Phi) is 4.22. The Bertz CT molecular complexity index is 1210. The number of phenolic OH excluding ortho intramolecular Hbond substituents is 1. The van der Waals surface area contributed by atoms with Crippen molar-refractivity contribution in [1.29, 1.82) is 5.26 Å². The van der Waals surface area contributed by atoms with E-state index in [1.54, 1.807) is 30.5 Å². The molecule has 1 aliphatic rings. The Hall–Kier alpha value is -3.70. The maximum atomic E-state index is 10.0. The molecule has 1 aliphatic heterocycles. The van der Waals surface area contributed by atoms with Crippen LogP contribution >= 0.6 is 0 Å². The normalized spacial score (nSPS) is 14.9. The van der Waals surface area contributed by atoms with E-state index in [2.05, 4.69) is 31.7 Å². The van der Waals surface area contributed by atoms with Gasteiger partial charge in [-0.2, -0.15) is 15.5 Å². The first kappa shape index (κ1) is 17.4. The molecular weight excluding hydrogens is 366 g/mol. The number of hydrogen-bond acceptors (Lipinski definition) is 6. The number of aromatic nitrogens is 5. The van der Waals surface area contributed by atoms with Crippen LogP contribution < -0.4 is 5.32 Å². The average molecular weight is 385 g/mol. The maximum Gasteiger partial charge on any atom is 0.156 e. The molecule has 3 aromatic heterocycles. The Morgan fingerprint density at radius 1 is 1.10 bits per heavy atom. The van der Waals surface area contributed by atoms with Gasteiger partial charge in [-0.15, -0.1) is 0 Å². The average Bonchev–Trinajstić information content (AvgIpc) is 3.43. The van der Waals surface area contributed by atoms with Crippen molar-refractivity contribution in [1.82, 2.24) is 30.3 Å². The van der Waals surface area contributed by atoms with Gasteiger partial charge in [-0.3, -0.25) is 9.78 Å². The Labute approximate surface area is 166 Å². The molecule has 5 rings (SSSR count). The van der Waals surface area contributed by atoms with Gasteiger partial charge in [0, 0.05) is 28.3 Å². The summed E-state index contributed by atoms with van der Waals surface area (Å²) in [5, 5.41) is 35.4. The second-order valence-electron chi connectivity index (χ2n) is 7.19. The summed E-state index contributed by atoms with van der Waals surface area (Å²) in [5.41, 5.74) is 4.02. The van der Waals surface area contributed by atoms with Crippen molar-refractivity contribution in [2.75, 3.05) is 13.1 Å². The van der Waals surface area contributed by atoms with Gasteiger partial charge in [-0.25, -0.2) is 4.98 Å². The van der Waals surface area contributed by atoms with Crippen molar-refractivity contribution in [2.24, 2.45) is 0 Å². The lowest BCUT2D eigenvalue weighted by molar-refractivity contribution is 0.343. The summed E-state index contributed by atoms with van der Waals surface area (Å²) < 4.78 is 2.00. The number of H-pyrrole nitrogens is 1. The first-order valence-corrected chi connectivity index (χ1v) is 9.56. The number of aromatic amines is 1. The molecule has 0 atom stereocenters. The van der Waals surface area contributed by atoms with Crippen molar-refractivity contribution >= 4 is 11.0 Å². The lowest BCUT2D eigenvalue weighted by atomic mass is 9.96. The van der Waals surface area contributed by atoms with E-state index in [1.807, 2.05) is 17.1 Å². The fourth-order valence-electron chi connectivity index (χ4n) is 3.94. The van der Waals surface area contributed by atoms with Crippen LogP contribution in [0.1, 0.15) is 24.4 Å². The van der Waals surface area contributed by atoms with Crippen LogP contribution in [0.15, 0.2) is 42.9 Å². The van der Waals surface area contributed by atoms with Gasteiger partial charge in [0.1, 0.15) is 11.8 Å². The molecule has 0 saturated carbocycles. The number of fused-ring (bicyclic) bond motifs is 1. The monoisotopic (exact) mass is 385 g/mol. The smallest absolute Gasteiger partial charge is 0.156 e. The SMILES string of the molecule is N#Cc1c(-c2ccc(O)cc2)nc2[nH]ncc2c1-c1cnn(C2CCNCC2)c1. The van der Waals surface area contributed by atoms with Crippen molar-refractivity contribution in [3.05, 3.63) is 48.4 Å². The lowest BCUT2D eigenvalue weighted by Crippen LogP contribution is -2.29. The van der Waals surface area contributed by atoms with E-state index in [1.165, 1.54) is 0 Å². The molecule has 1 saturated heterocycles. The van der Waals surface area contributed by atoms with Crippen LogP contribution in [0.5, 0.6) is 5.75 Å². The minimum Gasteiger partial charge on any atom is -0.508 e. The lowest BCUT2D eigenvalue weighted by Gasteiger charge is -2.22. The van der Waals surface area contributed by atoms with E-state index in [9.17, 15) is 10.4 Å². The Morgan fingerprint density at radius 2 is 1.90 bits per heavy atom. The number of piperidine rings is 1. The molecule has 8 nitrogen and oxygen atoms in total. The quantitative estimate of drug-likeness (QED) is 0.499. The zero-order chi connectivity index (χ0) is 19.8. The van der Waals surface area contributed by atoms with E-state index < -0.39 is 0 Å². The van der Waals surface area contributed by atoms with Gasteiger partial charge in [0.15, 0.2) is 5.65 Å². The van der Waals surface area contributed by atoms with Gasteiger partial charge in [0.05, 0.1) is 29.7 Å². The number of nitrogens with one attached hydrogen (secondary N) is 2. The van der Waals surface area contributed by atoms with E-state index in [4.69, 9.17) is 0 Å². The van der Waals surface area contributed by atoms with Crippen LogP contribution in [0.4, 0.5) is 0 Å². The van der Waals surface area contributed by atoms with Crippen LogP contribution in [0, 0.1) is 11.3 Å². The standard InChI is InChI=1S/C21H19N7O/c22-9-17-19(14-10-25-28(12-14)15-5-7-23-8-6-15)18-11-24-27-21(18)26-20(17)13-1-3-16(29)4-2-13/h1-4,10-12,15,23,29H,5-8H2,(H,24,26,27). The third kappa shape index (κ3) is 3.02. The second kappa shape index (κ2) is 7.04. The minimum atomic E-state index is 0.165. The number of nitriles is 1. The zero-order valence-corrected chi connectivity index (χ0v) is 15.6. The van der Waals surface area contributed by atoms with E-state index in [0.29, 0.717) is 22.9 Å². The largest absolute Gasteiger partial charge is 0.508 e. The highest BCUT2D eigenvalue weighted by Crippen LogP contribution is 2.36. The van der Waals surface area contributed by atoms with Gasteiger partial charge in [0.2, 0.25) is 0 Å². The predicted molar refractivity (Wildman–Crippen MR) is 108 cm³/mol. The first-order valence-electron chi connectivity index (χ1n) is 9.56. The molecular formula is C21H19N7O. The molecule has 0 radical (unpaired) electrons. The summed E-state index contributed by atoms with van der Waals surface area (Å²) >= 11 is 0. The molecule has 1 fully saturated rings. The summed E-state index contributed by atoms with van der Waals surface area (Å²) in [6.45, 7) is 1.96. The van der Waals surface area contributed by atoms with Gasteiger partial charge in [-0.1, -0.05) is 0 Å². The molecule has 4 aromatic rings. The van der Waals surface area contributed by atoms with Crippen molar-refractivity contribution < 1.29 is 5.11 Å². The van der Waals surface area contributed by atoms with Gasteiger partial charge < -0.3 is 10.4 Å². The third-order valence-electron chi connectivity index (χ3n) is 5.42. The highest BCUT2D eigenvalue weighted by Gasteiger charge is 2.22. The number of benzene rings is 1. The van der Waals surface area contributed by atoms with Crippen LogP contribution in [0.2, 0.25) is 0 Å². The van der Waals surface area contributed by atoms with Crippen LogP contribution in [0.25, 0.3) is 33.4 Å². The number of rotatable bonds is 3. The maximum absolute atomic E-state index is 10.0. The highest BCUT2D eigenvalue weighted by atomic mass is 16.3. The molecule has 0 unspecified atom stereocenters. The Morgan fingerprint density at radius 3 is 2.66 bits per heavy atom. The topological polar surface area (TPSA) is 115 Å². The summed E-state index contributed by atoms with van der Waals surface area (Å²) in [4.78, 5) is 4.63. The number of phenols is 1. The van der Waals surface area contributed by atoms with Crippen molar-refractivity contribution in [3.8, 4) is 34.2 Å². The second-order valence-corrected chi connectivity index (χ2v) is 7.19. The van der Waals surface area contributed by atoms with Crippen LogP contribution in [0.3, 0.4) is 0 Å². The van der Waals surface area contributed by atoms with Crippen LogP contribution in [-0.2, 0) is 0 Å². The van der Waals surface area contributed by atoms with Gasteiger partial charge >= 0.3 is 0 Å². The highest BCUT2D eigenvalue weighted by molar-refractivity contribution is 5.98. The first-order chi connectivity index (χ1) is 14.2. The molecule has 1 aromatic carbocycles. The number of nitrogens with zero attached hydrogens (tertiary/aromatic N) is 5. The number of pyridine rings is 1. The van der Waals surface area contributed by atoms with E-state index >= 15 is 0 Å². The zero-order valence-electron chi connectivity index (χ0n) is 15.6. The van der Waals surface area contributed by atoms with E-state index in [-0.39, 0.29) is 5.75 Å². The Balaban J connectivity index is 1.69. The minimum absolute atomic E-state index is 0.165. The fraction of sp³-hybridized carbons (Fsp3) is 0.238. The predicted octanol–water partition coefficient (Wildman–Crippen LogP) is 2.99. The van der Waals surface area contributed by atoms with E-state index in [0.717, 1.165) is 48.0 Å². The molecule has 0 aliphatic carbocycles. The van der Waals surface area contributed by atoms with Gasteiger partial charge in [-0.05, 0) is 50.2 Å². The number of aromatic hydroxyl groups is 1.